The van der Waals surface area contributed by atoms with Gasteiger partial charge in [-0.25, -0.2) is 17.5 Å². The van der Waals surface area contributed by atoms with Crippen LogP contribution in [-0.2, 0) is 10.0 Å². The molecule has 2 aliphatic heterocycles. The van der Waals surface area contributed by atoms with E-state index >= 15 is 0 Å². The van der Waals surface area contributed by atoms with Gasteiger partial charge in [0.05, 0.1) is 12.3 Å². The van der Waals surface area contributed by atoms with Crippen molar-refractivity contribution in [3.8, 4) is 0 Å². The first-order valence-electron chi connectivity index (χ1n) is 8.70. The summed E-state index contributed by atoms with van der Waals surface area (Å²) in [6.07, 6.45) is 3.79. The molecule has 2 atom stereocenters. The number of pyridine rings is 1. The molecule has 140 valence electrons. The number of hydrogen-bond acceptors (Lipinski definition) is 5. The van der Waals surface area contributed by atoms with E-state index in [0.29, 0.717) is 25.9 Å². The van der Waals surface area contributed by atoms with Crippen LogP contribution in [0.1, 0.15) is 31.2 Å². The molecule has 2 aromatic heterocycles. The topological polar surface area (TPSA) is 104 Å². The average Bonchev–Trinajstić information content (AvgIpc) is 3.04. The SMILES string of the molecule is CC1C(S(=O)(=O)N2CCC(c3coc4cccnc34)CC2)CN1C(=O)O. The maximum Gasteiger partial charge on any atom is 0.407 e. The highest BCUT2D eigenvalue weighted by molar-refractivity contribution is 7.89. The molecule has 0 aromatic carbocycles. The lowest BCUT2D eigenvalue weighted by Crippen LogP contribution is -2.65. The van der Waals surface area contributed by atoms with Gasteiger partial charge in [0.1, 0.15) is 10.8 Å². The van der Waals surface area contributed by atoms with Crippen LogP contribution in [0.2, 0.25) is 0 Å². The van der Waals surface area contributed by atoms with E-state index in [1.54, 1.807) is 19.4 Å². The Morgan fingerprint density at radius 1 is 1.35 bits per heavy atom. The molecular weight excluding hydrogens is 358 g/mol. The van der Waals surface area contributed by atoms with Gasteiger partial charge in [-0.3, -0.25) is 4.98 Å². The molecular formula is C17H21N3O5S. The summed E-state index contributed by atoms with van der Waals surface area (Å²) in [5, 5.41) is 8.38. The van der Waals surface area contributed by atoms with E-state index in [4.69, 9.17) is 9.52 Å². The molecule has 0 aliphatic carbocycles. The fraction of sp³-hybridized carbons (Fsp3) is 0.529. The largest absolute Gasteiger partial charge is 0.465 e. The summed E-state index contributed by atoms with van der Waals surface area (Å²) in [4.78, 5) is 16.6. The summed E-state index contributed by atoms with van der Waals surface area (Å²) < 4.78 is 32.7. The summed E-state index contributed by atoms with van der Waals surface area (Å²) in [6, 6.07) is 3.19. The number of amides is 1. The second-order valence-corrected chi connectivity index (χ2v) is 9.13. The van der Waals surface area contributed by atoms with Crippen LogP contribution < -0.4 is 0 Å². The molecule has 0 bridgehead atoms. The molecule has 2 aromatic rings. The van der Waals surface area contributed by atoms with Crippen molar-refractivity contribution in [2.75, 3.05) is 19.6 Å². The zero-order valence-corrected chi connectivity index (χ0v) is 15.2. The Balaban J connectivity index is 1.44. The van der Waals surface area contributed by atoms with Gasteiger partial charge < -0.3 is 14.4 Å². The van der Waals surface area contributed by atoms with Gasteiger partial charge in [0.15, 0.2) is 5.58 Å². The molecule has 8 nitrogen and oxygen atoms in total. The number of rotatable bonds is 3. The highest BCUT2D eigenvalue weighted by atomic mass is 32.2. The van der Waals surface area contributed by atoms with Crippen LogP contribution in [0.5, 0.6) is 0 Å². The molecule has 1 amide bonds. The number of sulfonamides is 1. The normalized spacial score (nSPS) is 25.3. The van der Waals surface area contributed by atoms with Crippen LogP contribution in [0.15, 0.2) is 29.0 Å². The number of piperidine rings is 1. The maximum absolute atomic E-state index is 12.8. The van der Waals surface area contributed by atoms with Crippen LogP contribution in [0.3, 0.4) is 0 Å². The Labute approximate surface area is 151 Å². The number of carboxylic acid groups (broad SMARTS) is 1. The van der Waals surface area contributed by atoms with Gasteiger partial charge in [-0.2, -0.15) is 0 Å². The fourth-order valence-electron chi connectivity index (χ4n) is 3.96. The lowest BCUT2D eigenvalue weighted by molar-refractivity contribution is 0.0841. The number of aromatic nitrogens is 1. The Hall–Kier alpha value is -2.13. The second kappa shape index (κ2) is 6.24. The van der Waals surface area contributed by atoms with E-state index in [2.05, 4.69) is 4.98 Å². The number of nitrogens with zero attached hydrogens (tertiary/aromatic N) is 3. The smallest absolute Gasteiger partial charge is 0.407 e. The third kappa shape index (κ3) is 2.66. The first-order chi connectivity index (χ1) is 12.4. The predicted molar refractivity (Wildman–Crippen MR) is 94.5 cm³/mol. The summed E-state index contributed by atoms with van der Waals surface area (Å²) in [5.41, 5.74) is 2.62. The van der Waals surface area contributed by atoms with Crippen molar-refractivity contribution >= 4 is 27.2 Å². The summed E-state index contributed by atoms with van der Waals surface area (Å²) in [6.45, 7) is 2.57. The zero-order chi connectivity index (χ0) is 18.5. The highest BCUT2D eigenvalue weighted by Gasteiger charge is 2.49. The van der Waals surface area contributed by atoms with Crippen LogP contribution >= 0.6 is 0 Å². The molecule has 0 radical (unpaired) electrons. The molecule has 4 heterocycles. The van der Waals surface area contributed by atoms with Crippen molar-refractivity contribution in [2.24, 2.45) is 0 Å². The van der Waals surface area contributed by atoms with E-state index < -0.39 is 27.4 Å². The minimum absolute atomic E-state index is 0.0506. The predicted octanol–water partition coefficient (Wildman–Crippen LogP) is 2.09. The number of furan rings is 1. The number of carbonyl (C=O) groups is 1. The minimum Gasteiger partial charge on any atom is -0.465 e. The van der Waals surface area contributed by atoms with Gasteiger partial charge >= 0.3 is 6.09 Å². The van der Waals surface area contributed by atoms with Crippen molar-refractivity contribution in [1.82, 2.24) is 14.2 Å². The number of hydrogen-bond donors (Lipinski definition) is 1. The lowest BCUT2D eigenvalue weighted by Gasteiger charge is -2.46. The van der Waals surface area contributed by atoms with Crippen LogP contribution in [-0.4, -0.2) is 64.7 Å². The molecule has 2 unspecified atom stereocenters. The zero-order valence-electron chi connectivity index (χ0n) is 14.4. The molecule has 9 heteroatoms. The Bertz CT molecular complexity index is 933. The van der Waals surface area contributed by atoms with Crippen molar-refractivity contribution in [3.05, 3.63) is 30.2 Å². The van der Waals surface area contributed by atoms with Crippen molar-refractivity contribution in [3.63, 3.8) is 0 Å². The Morgan fingerprint density at radius 2 is 2.08 bits per heavy atom. The van der Waals surface area contributed by atoms with Crippen molar-refractivity contribution in [1.29, 1.82) is 0 Å². The van der Waals surface area contributed by atoms with Crippen molar-refractivity contribution in [2.45, 2.75) is 37.0 Å². The maximum atomic E-state index is 12.8. The fourth-order valence-corrected chi connectivity index (χ4v) is 6.05. The standard InChI is InChI=1S/C17H21N3O5S/c1-11-15(9-20(11)17(21)22)26(23,24)19-7-4-12(5-8-19)13-10-25-14-3-2-6-18-16(13)14/h2-3,6,10-12,15H,4-5,7-9H2,1H3,(H,21,22). The molecule has 0 spiro atoms. The van der Waals surface area contributed by atoms with Crippen LogP contribution in [0.25, 0.3) is 11.1 Å². The number of likely N-dealkylation sites (tertiary alicyclic amines) is 1. The van der Waals surface area contributed by atoms with E-state index in [0.717, 1.165) is 21.6 Å². The van der Waals surface area contributed by atoms with E-state index in [1.165, 1.54) is 4.31 Å². The molecule has 4 rings (SSSR count). The van der Waals surface area contributed by atoms with Crippen molar-refractivity contribution < 1.29 is 22.7 Å². The van der Waals surface area contributed by atoms with E-state index in [1.807, 2.05) is 12.1 Å². The van der Waals surface area contributed by atoms with Crippen LogP contribution in [0.4, 0.5) is 4.79 Å². The minimum atomic E-state index is -3.49. The van der Waals surface area contributed by atoms with Gasteiger partial charge in [0, 0.05) is 31.4 Å². The van der Waals surface area contributed by atoms with Crippen LogP contribution in [0, 0.1) is 0 Å². The first-order valence-corrected chi connectivity index (χ1v) is 10.2. The lowest BCUT2D eigenvalue weighted by atomic mass is 9.91. The molecule has 2 saturated heterocycles. The second-order valence-electron chi connectivity index (χ2n) is 6.97. The molecule has 2 aliphatic rings. The number of fused-ring (bicyclic) bond motifs is 1. The Kier molecular flexibility index (Phi) is 4.15. The molecule has 2 fully saturated rings. The molecule has 26 heavy (non-hydrogen) atoms. The average molecular weight is 379 g/mol. The third-order valence-electron chi connectivity index (χ3n) is 5.65. The Morgan fingerprint density at radius 3 is 2.73 bits per heavy atom. The summed E-state index contributed by atoms with van der Waals surface area (Å²) >= 11 is 0. The van der Waals surface area contributed by atoms with Gasteiger partial charge in [-0.1, -0.05) is 0 Å². The van der Waals surface area contributed by atoms with Gasteiger partial charge in [0.25, 0.3) is 0 Å². The first kappa shape index (κ1) is 17.3. The van der Waals surface area contributed by atoms with Gasteiger partial charge in [0.2, 0.25) is 10.0 Å². The summed E-state index contributed by atoms with van der Waals surface area (Å²) in [5.74, 6) is 0.215. The third-order valence-corrected chi connectivity index (χ3v) is 8.04. The molecule has 0 saturated carbocycles. The summed E-state index contributed by atoms with van der Waals surface area (Å²) in [7, 11) is -3.49. The van der Waals surface area contributed by atoms with E-state index in [9.17, 15) is 13.2 Å². The van der Waals surface area contributed by atoms with E-state index in [-0.39, 0.29) is 12.5 Å². The van der Waals surface area contributed by atoms with Gasteiger partial charge in [-0.15, -0.1) is 0 Å². The monoisotopic (exact) mass is 379 g/mol. The molecule has 1 N–H and O–H groups in total. The highest BCUT2D eigenvalue weighted by Crippen LogP contribution is 2.36. The quantitative estimate of drug-likeness (QED) is 0.876. The van der Waals surface area contributed by atoms with Gasteiger partial charge in [-0.05, 0) is 37.8 Å².